The third kappa shape index (κ3) is 1.67. The fraction of sp³-hybridized carbons (Fsp3) is 0.667. The summed E-state index contributed by atoms with van der Waals surface area (Å²) in [5.41, 5.74) is 5.84. The van der Waals surface area contributed by atoms with Crippen LogP contribution in [-0.2, 0) is 6.54 Å². The maximum atomic E-state index is 5.84. The molecule has 0 aliphatic heterocycles. The first-order chi connectivity index (χ1) is 5.84. The van der Waals surface area contributed by atoms with Gasteiger partial charge in [-0.25, -0.2) is 4.57 Å². The predicted octanol–water partition coefficient (Wildman–Crippen LogP) is 0.430. The van der Waals surface area contributed by atoms with Crippen molar-refractivity contribution in [2.75, 3.05) is 0 Å². The SMILES string of the molecule is NC1CCC(C[n+]2cc[nH]c2)C1. The number of aromatic amines is 1. The summed E-state index contributed by atoms with van der Waals surface area (Å²) in [5.74, 6) is 0.792. The zero-order chi connectivity index (χ0) is 8.39. The summed E-state index contributed by atoms with van der Waals surface area (Å²) in [6, 6.07) is 0.453. The molecule has 1 fully saturated rings. The van der Waals surface area contributed by atoms with Gasteiger partial charge in [0.15, 0.2) is 0 Å². The average Bonchev–Trinajstić information content (AvgIpc) is 2.63. The molecule has 1 aliphatic carbocycles. The first-order valence-corrected chi connectivity index (χ1v) is 4.62. The van der Waals surface area contributed by atoms with Gasteiger partial charge in [0.2, 0.25) is 6.33 Å². The molecule has 0 saturated heterocycles. The fourth-order valence-corrected chi connectivity index (χ4v) is 2.01. The van der Waals surface area contributed by atoms with Crippen LogP contribution < -0.4 is 10.3 Å². The van der Waals surface area contributed by atoms with Crippen molar-refractivity contribution in [3.8, 4) is 0 Å². The number of hydrogen-bond acceptors (Lipinski definition) is 1. The molecule has 3 heteroatoms. The summed E-state index contributed by atoms with van der Waals surface area (Å²) >= 11 is 0. The van der Waals surface area contributed by atoms with Crippen molar-refractivity contribution in [1.82, 2.24) is 4.98 Å². The van der Waals surface area contributed by atoms with Gasteiger partial charge in [0.1, 0.15) is 12.4 Å². The minimum absolute atomic E-state index is 0.453. The quantitative estimate of drug-likeness (QED) is 0.615. The van der Waals surface area contributed by atoms with Crippen LogP contribution in [0.1, 0.15) is 19.3 Å². The first-order valence-electron chi connectivity index (χ1n) is 4.62. The van der Waals surface area contributed by atoms with Gasteiger partial charge >= 0.3 is 0 Å². The lowest BCUT2D eigenvalue weighted by atomic mass is 10.1. The summed E-state index contributed by atoms with van der Waals surface area (Å²) in [4.78, 5) is 3.05. The Balaban J connectivity index is 1.88. The number of hydrogen-bond donors (Lipinski definition) is 2. The molecule has 0 radical (unpaired) electrons. The highest BCUT2D eigenvalue weighted by Gasteiger charge is 2.23. The van der Waals surface area contributed by atoms with Gasteiger partial charge in [-0.05, 0) is 25.2 Å². The molecule has 1 aliphatic rings. The predicted molar refractivity (Wildman–Crippen MR) is 46.3 cm³/mol. The molecule has 1 saturated carbocycles. The molecule has 2 unspecified atom stereocenters. The Labute approximate surface area is 72.6 Å². The van der Waals surface area contributed by atoms with Gasteiger partial charge < -0.3 is 5.73 Å². The molecule has 0 amide bonds. The largest absolute Gasteiger partial charge is 0.328 e. The second kappa shape index (κ2) is 3.27. The Hall–Kier alpha value is -0.830. The Morgan fingerprint density at radius 3 is 3.00 bits per heavy atom. The highest BCUT2D eigenvalue weighted by atomic mass is 15.0. The highest BCUT2D eigenvalue weighted by molar-refractivity contribution is 4.75. The van der Waals surface area contributed by atoms with Crippen LogP contribution in [0.3, 0.4) is 0 Å². The highest BCUT2D eigenvalue weighted by Crippen LogP contribution is 2.23. The zero-order valence-electron chi connectivity index (χ0n) is 7.24. The number of aromatic nitrogens is 2. The van der Waals surface area contributed by atoms with Gasteiger partial charge in [0.25, 0.3) is 0 Å². The van der Waals surface area contributed by atoms with Crippen LogP contribution in [0.15, 0.2) is 18.7 Å². The molecule has 1 aromatic heterocycles. The first kappa shape index (κ1) is 7.80. The number of H-pyrrole nitrogens is 1. The minimum Gasteiger partial charge on any atom is -0.328 e. The third-order valence-electron chi connectivity index (χ3n) is 2.65. The number of nitrogens with zero attached hydrogens (tertiary/aromatic N) is 1. The average molecular weight is 166 g/mol. The van der Waals surface area contributed by atoms with E-state index in [0.717, 1.165) is 12.5 Å². The van der Waals surface area contributed by atoms with Crippen molar-refractivity contribution < 1.29 is 4.57 Å². The second-order valence-electron chi connectivity index (χ2n) is 3.75. The van der Waals surface area contributed by atoms with Gasteiger partial charge in [-0.1, -0.05) is 0 Å². The summed E-state index contributed by atoms with van der Waals surface area (Å²) in [6.45, 7) is 1.12. The van der Waals surface area contributed by atoms with Gasteiger partial charge in [-0.3, -0.25) is 4.98 Å². The standard InChI is InChI=1S/C9H15N3/c10-9-2-1-8(5-9)6-12-4-3-11-7-12/h3-4,7-9H,1-2,5-6,10H2/p+1. The second-order valence-corrected chi connectivity index (χ2v) is 3.75. The normalized spacial score (nSPS) is 29.4. The van der Waals surface area contributed by atoms with E-state index in [1.54, 1.807) is 0 Å². The van der Waals surface area contributed by atoms with Crippen molar-refractivity contribution in [2.45, 2.75) is 31.8 Å². The lowest BCUT2D eigenvalue weighted by molar-refractivity contribution is -0.701. The summed E-state index contributed by atoms with van der Waals surface area (Å²) in [7, 11) is 0. The van der Waals surface area contributed by atoms with Crippen LogP contribution in [0.5, 0.6) is 0 Å². The van der Waals surface area contributed by atoms with Crippen LogP contribution in [0.2, 0.25) is 0 Å². The zero-order valence-corrected chi connectivity index (χ0v) is 7.24. The van der Waals surface area contributed by atoms with Gasteiger partial charge in [0.05, 0.1) is 6.54 Å². The van der Waals surface area contributed by atoms with Crippen LogP contribution in [-0.4, -0.2) is 11.0 Å². The Bertz CT molecular complexity index is 230. The van der Waals surface area contributed by atoms with Crippen molar-refractivity contribution in [3.05, 3.63) is 18.7 Å². The van der Waals surface area contributed by atoms with Crippen LogP contribution >= 0.6 is 0 Å². The lowest BCUT2D eigenvalue weighted by Gasteiger charge is -2.04. The van der Waals surface area contributed by atoms with Crippen LogP contribution in [0.4, 0.5) is 0 Å². The summed E-state index contributed by atoms with van der Waals surface area (Å²) in [5, 5.41) is 0. The molecule has 1 aromatic rings. The van der Waals surface area contributed by atoms with Crippen LogP contribution in [0.25, 0.3) is 0 Å². The maximum Gasteiger partial charge on any atom is 0.241 e. The Morgan fingerprint density at radius 2 is 2.42 bits per heavy atom. The van der Waals surface area contributed by atoms with Crippen molar-refractivity contribution in [3.63, 3.8) is 0 Å². The maximum absolute atomic E-state index is 5.84. The molecule has 3 nitrogen and oxygen atoms in total. The van der Waals surface area contributed by atoms with E-state index in [1.165, 1.54) is 19.3 Å². The topological polar surface area (TPSA) is 45.7 Å². The van der Waals surface area contributed by atoms with E-state index in [-0.39, 0.29) is 0 Å². The number of nitrogens with two attached hydrogens (primary N) is 1. The number of imidazole rings is 1. The molecule has 2 atom stereocenters. The molecular formula is C9H16N3+. The monoisotopic (exact) mass is 166 g/mol. The summed E-state index contributed by atoms with van der Waals surface area (Å²) in [6.07, 6.45) is 9.72. The molecule has 3 N–H and O–H groups in total. The molecule has 12 heavy (non-hydrogen) atoms. The number of rotatable bonds is 2. The molecule has 1 heterocycles. The fourth-order valence-electron chi connectivity index (χ4n) is 2.01. The Morgan fingerprint density at radius 1 is 1.50 bits per heavy atom. The van der Waals surface area contributed by atoms with Crippen molar-refractivity contribution in [1.29, 1.82) is 0 Å². The van der Waals surface area contributed by atoms with E-state index >= 15 is 0 Å². The molecule has 2 rings (SSSR count). The van der Waals surface area contributed by atoms with E-state index < -0.39 is 0 Å². The van der Waals surface area contributed by atoms with E-state index in [0.29, 0.717) is 6.04 Å². The smallest absolute Gasteiger partial charge is 0.241 e. The van der Waals surface area contributed by atoms with E-state index in [9.17, 15) is 0 Å². The lowest BCUT2D eigenvalue weighted by Crippen LogP contribution is -2.34. The molecule has 0 bridgehead atoms. The molecule has 0 spiro atoms. The van der Waals surface area contributed by atoms with E-state index in [4.69, 9.17) is 5.73 Å². The van der Waals surface area contributed by atoms with Gasteiger partial charge in [-0.15, -0.1) is 0 Å². The van der Waals surface area contributed by atoms with Gasteiger partial charge in [0, 0.05) is 6.04 Å². The Kier molecular flexibility index (Phi) is 2.13. The molecule has 0 aromatic carbocycles. The molecular weight excluding hydrogens is 150 g/mol. The number of nitrogens with one attached hydrogen (secondary N) is 1. The van der Waals surface area contributed by atoms with Crippen LogP contribution in [0, 0.1) is 5.92 Å². The van der Waals surface area contributed by atoms with Crippen molar-refractivity contribution >= 4 is 0 Å². The third-order valence-corrected chi connectivity index (χ3v) is 2.65. The minimum atomic E-state index is 0.453. The molecule has 66 valence electrons. The van der Waals surface area contributed by atoms with E-state index in [1.807, 2.05) is 12.5 Å². The van der Waals surface area contributed by atoms with E-state index in [2.05, 4.69) is 15.7 Å². The van der Waals surface area contributed by atoms with Gasteiger partial charge in [-0.2, -0.15) is 0 Å². The van der Waals surface area contributed by atoms with Crippen molar-refractivity contribution in [2.24, 2.45) is 11.7 Å². The summed E-state index contributed by atoms with van der Waals surface area (Å²) < 4.78 is 2.20.